The van der Waals surface area contributed by atoms with E-state index in [1.165, 1.54) is 33.9 Å². The maximum atomic E-state index is 12.2. The maximum Gasteiger partial charge on any atom is 0.333 e. The van der Waals surface area contributed by atoms with Crippen molar-refractivity contribution in [1.82, 2.24) is 5.06 Å². The summed E-state index contributed by atoms with van der Waals surface area (Å²) in [5.74, 6) is -1.43. The molecule has 0 unspecified atom stereocenters. The lowest BCUT2D eigenvalue weighted by atomic mass is 9.81. The smallest absolute Gasteiger partial charge is 0.333 e. The third-order valence-corrected chi connectivity index (χ3v) is 9.11. The first-order valence-electron chi connectivity index (χ1n) is 15.8. The molecule has 2 aromatic rings. The first-order valence-corrected chi connectivity index (χ1v) is 15.8. The normalized spacial score (nSPS) is 19.6. The van der Waals surface area contributed by atoms with Gasteiger partial charge in [0.15, 0.2) is 5.71 Å². The van der Waals surface area contributed by atoms with Gasteiger partial charge >= 0.3 is 5.97 Å². The number of hydroxylamine groups is 2. The predicted octanol–water partition coefficient (Wildman–Crippen LogP) is 7.04. The number of carbonyl (C=O) groups is 3. The lowest BCUT2D eigenvalue weighted by molar-refractivity contribution is -0.438. The summed E-state index contributed by atoms with van der Waals surface area (Å²) in [4.78, 5) is 43.0. The summed E-state index contributed by atoms with van der Waals surface area (Å²) in [6.07, 6.45) is 13.6. The van der Waals surface area contributed by atoms with Gasteiger partial charge in [-0.2, -0.15) is 4.58 Å². The van der Waals surface area contributed by atoms with Crippen molar-refractivity contribution in [3.63, 3.8) is 0 Å². The highest BCUT2D eigenvalue weighted by Crippen LogP contribution is 2.47. The minimum atomic E-state index is -0.537. The Morgan fingerprint density at radius 2 is 1.55 bits per heavy atom. The van der Waals surface area contributed by atoms with E-state index in [0.717, 1.165) is 25.9 Å². The highest BCUT2D eigenvalue weighted by Gasteiger charge is 2.44. The van der Waals surface area contributed by atoms with Crippen LogP contribution in [-0.2, 0) is 30.1 Å². The molecule has 0 radical (unpaired) electrons. The summed E-state index contributed by atoms with van der Waals surface area (Å²) >= 11 is 0. The molecule has 2 aromatic carbocycles. The van der Waals surface area contributed by atoms with Crippen LogP contribution in [-0.4, -0.2) is 46.2 Å². The van der Waals surface area contributed by atoms with E-state index < -0.39 is 17.8 Å². The molecule has 0 spiro atoms. The van der Waals surface area contributed by atoms with Gasteiger partial charge in [-0.3, -0.25) is 9.59 Å². The third kappa shape index (κ3) is 5.92. The maximum absolute atomic E-state index is 12.2. The van der Waals surface area contributed by atoms with Crippen LogP contribution in [0.4, 0.5) is 11.4 Å². The fraction of sp³-hybridized carbons (Fsp3) is 0.405. The van der Waals surface area contributed by atoms with Gasteiger partial charge in [0.25, 0.3) is 11.8 Å². The Morgan fingerprint density at radius 3 is 2.27 bits per heavy atom. The van der Waals surface area contributed by atoms with Crippen LogP contribution < -0.4 is 4.90 Å². The van der Waals surface area contributed by atoms with Crippen LogP contribution in [0.1, 0.15) is 84.3 Å². The molecule has 0 aliphatic carbocycles. The van der Waals surface area contributed by atoms with Gasteiger partial charge in [0.05, 0.1) is 5.41 Å². The Balaban J connectivity index is 1.25. The van der Waals surface area contributed by atoms with Gasteiger partial charge in [-0.05, 0) is 51.3 Å². The summed E-state index contributed by atoms with van der Waals surface area (Å²) in [7, 11) is 0. The molecule has 2 amide bonds. The van der Waals surface area contributed by atoms with E-state index in [2.05, 4.69) is 123 Å². The minimum Gasteiger partial charge on any atom is -0.344 e. The second kappa shape index (κ2) is 12.8. The number of anilines is 1. The molecule has 0 N–H and O–H groups in total. The van der Waals surface area contributed by atoms with Gasteiger partial charge in [0.1, 0.15) is 6.54 Å². The Labute approximate surface area is 261 Å². The number of amides is 2. The van der Waals surface area contributed by atoms with Gasteiger partial charge in [0.2, 0.25) is 5.69 Å². The second-order valence-electron chi connectivity index (χ2n) is 12.7. The monoisotopic (exact) mass is 594 g/mol. The Morgan fingerprint density at radius 1 is 0.864 bits per heavy atom. The molecule has 44 heavy (non-hydrogen) atoms. The van der Waals surface area contributed by atoms with E-state index in [1.54, 1.807) is 0 Å². The SMILES string of the molecule is CCN1C(=CC=CC=CC2=[N+](CCCCCC(=O)ON3C(=O)CCC3=O)c3ccccc3C2(C)C)C(C)(C)c2ccccc21. The molecule has 0 bridgehead atoms. The van der Waals surface area contributed by atoms with Crippen molar-refractivity contribution in [3.05, 3.63) is 95.7 Å². The Kier molecular flexibility index (Phi) is 9.05. The number of nitrogens with zero attached hydrogens (tertiary/aromatic N) is 3. The van der Waals surface area contributed by atoms with Crippen LogP contribution in [0.5, 0.6) is 0 Å². The van der Waals surface area contributed by atoms with E-state index in [0.29, 0.717) is 11.5 Å². The molecule has 0 aromatic heterocycles. The van der Waals surface area contributed by atoms with Gasteiger partial charge in [-0.1, -0.05) is 68.5 Å². The number of rotatable bonds is 11. The summed E-state index contributed by atoms with van der Waals surface area (Å²) in [6.45, 7) is 13.1. The number of benzene rings is 2. The average molecular weight is 595 g/mol. The van der Waals surface area contributed by atoms with E-state index in [4.69, 9.17) is 4.84 Å². The molecule has 3 heterocycles. The van der Waals surface area contributed by atoms with E-state index in [1.807, 2.05) is 0 Å². The molecule has 3 aliphatic heterocycles. The van der Waals surface area contributed by atoms with Gasteiger partial charge in [-0.25, -0.2) is 4.79 Å². The summed E-state index contributed by atoms with van der Waals surface area (Å²) in [5.41, 5.74) is 7.52. The highest BCUT2D eigenvalue weighted by molar-refractivity contribution is 6.03. The van der Waals surface area contributed by atoms with Crippen molar-refractivity contribution in [2.24, 2.45) is 0 Å². The number of hydrogen-bond acceptors (Lipinski definition) is 5. The average Bonchev–Trinajstić information content (AvgIpc) is 3.52. The van der Waals surface area contributed by atoms with Crippen LogP contribution >= 0.6 is 0 Å². The number of likely N-dealkylation sites (N-methyl/N-ethyl adjacent to an activating group) is 1. The summed E-state index contributed by atoms with van der Waals surface area (Å²) in [5, 5.41) is 0.622. The van der Waals surface area contributed by atoms with Crippen molar-refractivity contribution in [3.8, 4) is 0 Å². The minimum absolute atomic E-state index is 0.0545. The number of allylic oxidation sites excluding steroid dienone is 6. The quantitative estimate of drug-likeness (QED) is 0.121. The summed E-state index contributed by atoms with van der Waals surface area (Å²) < 4.78 is 2.40. The number of hydrogen-bond donors (Lipinski definition) is 0. The zero-order valence-corrected chi connectivity index (χ0v) is 26.6. The molecule has 1 fully saturated rings. The standard InChI is InChI=1S/C37H44N3O4/c1-6-38-29-19-14-12-17-27(29)36(2,3)31(38)21-9-7-10-22-32-37(4,5)28-18-13-15-20-30(28)39(32)26-16-8-11-23-35(43)44-40-33(41)24-25-34(40)42/h7,9-10,12-15,17-22H,6,8,11,16,23-26H2,1-5H3/q+1. The lowest BCUT2D eigenvalue weighted by Crippen LogP contribution is -2.31. The van der Waals surface area contributed by atoms with Gasteiger partial charge < -0.3 is 9.74 Å². The molecule has 0 saturated carbocycles. The van der Waals surface area contributed by atoms with Crippen molar-refractivity contribution in [1.29, 1.82) is 0 Å². The molecule has 0 atom stereocenters. The van der Waals surface area contributed by atoms with Gasteiger partial charge in [-0.15, -0.1) is 5.06 Å². The molecule has 7 heteroatoms. The molecule has 230 valence electrons. The number of fused-ring (bicyclic) bond motifs is 2. The van der Waals surface area contributed by atoms with E-state index in [-0.39, 0.29) is 30.1 Å². The van der Waals surface area contributed by atoms with Crippen molar-refractivity contribution >= 4 is 34.9 Å². The number of imide groups is 1. The molecule has 3 aliphatic rings. The van der Waals surface area contributed by atoms with Crippen molar-refractivity contribution < 1.29 is 23.8 Å². The predicted molar refractivity (Wildman–Crippen MR) is 174 cm³/mol. The second-order valence-corrected chi connectivity index (χ2v) is 12.7. The number of unbranched alkanes of at least 4 members (excludes halogenated alkanes) is 2. The largest absolute Gasteiger partial charge is 0.344 e. The molecule has 7 nitrogen and oxygen atoms in total. The van der Waals surface area contributed by atoms with Crippen LogP contribution in [0.3, 0.4) is 0 Å². The van der Waals surface area contributed by atoms with Crippen molar-refractivity contribution in [2.75, 3.05) is 18.0 Å². The van der Waals surface area contributed by atoms with Gasteiger partial charge in [0, 0.05) is 66.7 Å². The van der Waals surface area contributed by atoms with Crippen LogP contribution in [0.2, 0.25) is 0 Å². The molecule has 1 saturated heterocycles. The fourth-order valence-electron chi connectivity index (χ4n) is 6.74. The zero-order chi connectivity index (χ0) is 31.5. The first-order chi connectivity index (χ1) is 21.1. The number of para-hydroxylation sites is 2. The van der Waals surface area contributed by atoms with Crippen LogP contribution in [0, 0.1) is 0 Å². The fourth-order valence-corrected chi connectivity index (χ4v) is 6.74. The zero-order valence-electron chi connectivity index (χ0n) is 26.6. The Bertz CT molecular complexity index is 1560. The number of carbonyl (C=O) groups excluding carboxylic acids is 3. The van der Waals surface area contributed by atoms with Crippen molar-refractivity contribution in [2.45, 2.75) is 84.0 Å². The molecule has 5 rings (SSSR count). The third-order valence-electron chi connectivity index (χ3n) is 9.11. The Hall–Kier alpha value is -4.26. The van der Waals surface area contributed by atoms with E-state index >= 15 is 0 Å². The molecular formula is C37H44N3O4+. The first kappa shape index (κ1) is 31.2. The summed E-state index contributed by atoms with van der Waals surface area (Å²) in [6, 6.07) is 17.2. The highest BCUT2D eigenvalue weighted by atomic mass is 16.7. The van der Waals surface area contributed by atoms with Crippen LogP contribution in [0.25, 0.3) is 0 Å². The van der Waals surface area contributed by atoms with Crippen LogP contribution in [0.15, 0.2) is 84.6 Å². The van der Waals surface area contributed by atoms with E-state index in [9.17, 15) is 14.4 Å². The topological polar surface area (TPSA) is 69.9 Å². The lowest BCUT2D eigenvalue weighted by Gasteiger charge is -2.25. The molecular weight excluding hydrogens is 550 g/mol.